The Morgan fingerprint density at radius 2 is 1.55 bits per heavy atom. The molecule has 0 atom stereocenters. The Labute approximate surface area is 198 Å². The van der Waals surface area contributed by atoms with Crippen LogP contribution in [0.1, 0.15) is 71.2 Å². The summed E-state index contributed by atoms with van der Waals surface area (Å²) in [7, 11) is -3.40. The van der Waals surface area contributed by atoms with Gasteiger partial charge in [0, 0.05) is 57.6 Å². The van der Waals surface area contributed by atoms with Gasteiger partial charge in [-0.3, -0.25) is 4.79 Å². The molecule has 0 N–H and O–H groups in total. The second-order valence-electron chi connectivity index (χ2n) is 10.5. The predicted octanol–water partition coefficient (Wildman–Crippen LogP) is 2.33. The number of nitrogens with zero attached hydrogens (tertiary/aromatic N) is 6. The maximum atomic E-state index is 13.1. The number of likely N-dealkylation sites (tertiary alicyclic amines) is 1. The lowest BCUT2D eigenvalue weighted by Crippen LogP contribution is -2.51. The molecule has 1 aromatic rings. The van der Waals surface area contributed by atoms with Crippen molar-refractivity contribution >= 4 is 16.1 Å². The number of rotatable bonds is 6. The maximum Gasteiger partial charge on any atom is 0.281 e. The average molecular weight is 481 g/mol. The number of hydrogen-bond acceptors (Lipinski definition) is 5. The van der Waals surface area contributed by atoms with Crippen LogP contribution in [-0.4, -0.2) is 81.9 Å². The van der Waals surface area contributed by atoms with Crippen molar-refractivity contribution in [3.63, 3.8) is 0 Å². The molecule has 0 unspecified atom stereocenters. The number of carbonyl (C=O) groups excluding carboxylic acids is 1. The van der Waals surface area contributed by atoms with E-state index in [2.05, 4.69) is 35.5 Å². The van der Waals surface area contributed by atoms with E-state index in [1.54, 1.807) is 14.9 Å². The van der Waals surface area contributed by atoms with Gasteiger partial charge in [-0.2, -0.15) is 17.0 Å². The van der Waals surface area contributed by atoms with Crippen LogP contribution in [0.4, 0.5) is 0 Å². The summed E-state index contributed by atoms with van der Waals surface area (Å²) in [6.07, 6.45) is 7.79. The molecule has 9 nitrogen and oxygen atoms in total. The molecule has 1 amide bonds. The molecule has 33 heavy (non-hydrogen) atoms. The van der Waals surface area contributed by atoms with Crippen molar-refractivity contribution in [2.24, 2.45) is 17.8 Å². The van der Waals surface area contributed by atoms with Crippen LogP contribution in [0.2, 0.25) is 0 Å². The van der Waals surface area contributed by atoms with Gasteiger partial charge in [-0.25, -0.2) is 0 Å². The molecule has 0 saturated carbocycles. The molecule has 3 aliphatic rings. The fourth-order valence-electron chi connectivity index (χ4n) is 5.43. The Morgan fingerprint density at radius 3 is 2.12 bits per heavy atom. The molecular weight excluding hydrogens is 440 g/mol. The molecule has 1 aromatic heterocycles. The zero-order valence-corrected chi connectivity index (χ0v) is 21.2. The third kappa shape index (κ3) is 5.59. The van der Waals surface area contributed by atoms with Gasteiger partial charge in [-0.1, -0.05) is 6.92 Å². The predicted molar refractivity (Wildman–Crippen MR) is 127 cm³/mol. The molecule has 0 bridgehead atoms. The van der Waals surface area contributed by atoms with Gasteiger partial charge in [0.1, 0.15) is 12.2 Å². The van der Waals surface area contributed by atoms with Crippen molar-refractivity contribution in [3.05, 3.63) is 12.2 Å². The van der Waals surface area contributed by atoms with Gasteiger partial charge in [-0.05, 0) is 64.2 Å². The van der Waals surface area contributed by atoms with Crippen LogP contribution < -0.4 is 0 Å². The Morgan fingerprint density at radius 1 is 0.970 bits per heavy atom. The van der Waals surface area contributed by atoms with Gasteiger partial charge in [0.15, 0.2) is 0 Å². The molecular formula is C23H40N6O3S. The first-order valence-electron chi connectivity index (χ1n) is 12.7. The zero-order valence-electron chi connectivity index (χ0n) is 20.4. The number of piperidine rings is 3. The summed E-state index contributed by atoms with van der Waals surface area (Å²) in [6, 6.07) is 0.352. The second kappa shape index (κ2) is 10.4. The summed E-state index contributed by atoms with van der Waals surface area (Å²) >= 11 is 0. The van der Waals surface area contributed by atoms with Crippen LogP contribution in [0.15, 0.2) is 6.33 Å². The van der Waals surface area contributed by atoms with E-state index < -0.39 is 10.2 Å². The molecule has 186 valence electrons. The summed E-state index contributed by atoms with van der Waals surface area (Å²) in [5.74, 6) is 2.31. The Balaban J connectivity index is 1.24. The van der Waals surface area contributed by atoms with Crippen LogP contribution in [0.3, 0.4) is 0 Å². The van der Waals surface area contributed by atoms with Crippen LogP contribution in [-0.2, 0) is 21.4 Å². The molecule has 0 aromatic carbocycles. The van der Waals surface area contributed by atoms with Gasteiger partial charge < -0.3 is 9.47 Å². The number of carbonyl (C=O) groups is 1. The average Bonchev–Trinajstić information content (AvgIpc) is 3.28. The molecule has 3 aliphatic heterocycles. The van der Waals surface area contributed by atoms with E-state index in [0.717, 1.165) is 51.0 Å². The summed E-state index contributed by atoms with van der Waals surface area (Å²) < 4.78 is 31.4. The lowest BCUT2D eigenvalue weighted by atomic mass is 9.90. The highest BCUT2D eigenvalue weighted by molar-refractivity contribution is 7.86. The highest BCUT2D eigenvalue weighted by Gasteiger charge is 2.37. The minimum absolute atomic E-state index is 0.0570. The monoisotopic (exact) mass is 480 g/mol. The first-order valence-corrected chi connectivity index (χ1v) is 14.1. The fraction of sp³-hybridized carbons (Fsp3) is 0.870. The molecule has 4 rings (SSSR count). The quantitative estimate of drug-likeness (QED) is 0.623. The molecule has 3 saturated heterocycles. The van der Waals surface area contributed by atoms with Crippen LogP contribution >= 0.6 is 0 Å². The Hall–Kier alpha value is -1.52. The number of aromatic nitrogens is 3. The minimum Gasteiger partial charge on any atom is -0.342 e. The minimum atomic E-state index is -3.40. The molecule has 10 heteroatoms. The summed E-state index contributed by atoms with van der Waals surface area (Å²) in [4.78, 5) is 15.1. The third-order valence-electron chi connectivity index (χ3n) is 7.80. The lowest BCUT2D eigenvalue weighted by molar-refractivity contribution is -0.138. The van der Waals surface area contributed by atoms with Crippen LogP contribution in [0, 0.1) is 17.8 Å². The zero-order chi connectivity index (χ0) is 23.6. The molecule has 4 heterocycles. The van der Waals surface area contributed by atoms with Crippen molar-refractivity contribution in [2.75, 3.05) is 39.3 Å². The highest BCUT2D eigenvalue weighted by atomic mass is 32.2. The van der Waals surface area contributed by atoms with E-state index in [0.29, 0.717) is 56.9 Å². The van der Waals surface area contributed by atoms with Gasteiger partial charge in [-0.15, -0.1) is 10.2 Å². The Bertz CT molecular complexity index is 893. The van der Waals surface area contributed by atoms with E-state index in [9.17, 15) is 13.2 Å². The Kier molecular flexibility index (Phi) is 7.75. The summed E-state index contributed by atoms with van der Waals surface area (Å²) in [5, 5.41) is 8.37. The van der Waals surface area contributed by atoms with Crippen LogP contribution in [0.5, 0.6) is 0 Å². The van der Waals surface area contributed by atoms with E-state index in [-0.39, 0.29) is 11.8 Å². The molecule has 0 aliphatic carbocycles. The normalized spacial score (nSPS) is 23.5. The van der Waals surface area contributed by atoms with Crippen molar-refractivity contribution < 1.29 is 13.2 Å². The smallest absolute Gasteiger partial charge is 0.281 e. The number of hydrogen-bond donors (Lipinski definition) is 0. The van der Waals surface area contributed by atoms with E-state index in [1.807, 2.05) is 4.90 Å². The van der Waals surface area contributed by atoms with E-state index >= 15 is 0 Å². The lowest BCUT2D eigenvalue weighted by Gasteiger charge is -2.39. The van der Waals surface area contributed by atoms with Crippen molar-refractivity contribution in [1.82, 2.24) is 28.3 Å². The maximum absolute atomic E-state index is 13.1. The summed E-state index contributed by atoms with van der Waals surface area (Å²) in [5.41, 5.74) is 0. The van der Waals surface area contributed by atoms with Crippen molar-refractivity contribution in [1.29, 1.82) is 0 Å². The van der Waals surface area contributed by atoms with Gasteiger partial charge in [0.25, 0.3) is 10.2 Å². The standard InChI is InChI=1S/C23H40N6O3S/c1-18(2)29-17-24-25-22(29)16-20-6-10-26(11-7-20)23(30)21-8-14-28(15-9-21)33(31,32)27-12-4-19(3)5-13-27/h17-21H,4-16H2,1-3H3. The highest BCUT2D eigenvalue weighted by Crippen LogP contribution is 2.28. The topological polar surface area (TPSA) is 91.6 Å². The fourth-order valence-corrected chi connectivity index (χ4v) is 7.10. The van der Waals surface area contributed by atoms with Gasteiger partial charge in [0.05, 0.1) is 0 Å². The van der Waals surface area contributed by atoms with Gasteiger partial charge >= 0.3 is 0 Å². The van der Waals surface area contributed by atoms with E-state index in [1.165, 1.54) is 0 Å². The first kappa shape index (κ1) is 24.6. The van der Waals surface area contributed by atoms with Crippen molar-refractivity contribution in [2.45, 2.75) is 71.8 Å². The number of amides is 1. The second-order valence-corrected chi connectivity index (χ2v) is 12.4. The largest absolute Gasteiger partial charge is 0.342 e. The first-order chi connectivity index (χ1) is 15.8. The van der Waals surface area contributed by atoms with Gasteiger partial charge in [0.2, 0.25) is 5.91 Å². The molecule has 3 fully saturated rings. The van der Waals surface area contributed by atoms with Crippen molar-refractivity contribution in [3.8, 4) is 0 Å². The van der Waals surface area contributed by atoms with Crippen LogP contribution in [0.25, 0.3) is 0 Å². The molecule has 0 spiro atoms. The van der Waals surface area contributed by atoms with E-state index in [4.69, 9.17) is 0 Å². The summed E-state index contributed by atoms with van der Waals surface area (Å²) in [6.45, 7) is 10.2. The SMILES string of the molecule is CC1CCN(S(=O)(=O)N2CCC(C(=O)N3CCC(Cc4nncn4C(C)C)CC3)CC2)CC1. The molecule has 0 radical (unpaired) electrons. The third-order valence-corrected chi connectivity index (χ3v) is 9.83.